The molecule has 0 unspecified atom stereocenters. The highest BCUT2D eigenvalue weighted by Crippen LogP contribution is 2.51. The molecule has 1 N–H and O–H groups in total. The van der Waals surface area contributed by atoms with E-state index in [2.05, 4.69) is 4.13 Å². The third kappa shape index (κ3) is 4.17. The highest BCUT2D eigenvalue weighted by atomic mass is 32.3. The number of hydrogen-bond acceptors (Lipinski definition) is 4. The molecular formula is C40H25NO4S2. The molecule has 226 valence electrons. The lowest BCUT2D eigenvalue weighted by Gasteiger charge is -2.20. The highest BCUT2D eigenvalue weighted by Gasteiger charge is 2.40. The van der Waals surface area contributed by atoms with Crippen molar-refractivity contribution in [2.75, 3.05) is 0 Å². The Kier molecular flexibility index (Phi) is 5.99. The number of nitrogens with one attached hydrogen (secondary N) is 1. The fourth-order valence-electron chi connectivity index (χ4n) is 7.26. The predicted molar refractivity (Wildman–Crippen MR) is 190 cm³/mol. The lowest BCUT2D eigenvalue weighted by molar-refractivity contribution is 0.579. The molecule has 0 saturated carbocycles. The van der Waals surface area contributed by atoms with Crippen LogP contribution in [0.25, 0.3) is 76.5 Å². The minimum Gasteiger partial charge on any atom is -0.206 e. The summed E-state index contributed by atoms with van der Waals surface area (Å²) in [7, 11) is -9.28. The molecule has 1 heterocycles. The Balaban J connectivity index is 1.56. The smallest absolute Gasteiger partial charge is 0.206 e. The second kappa shape index (κ2) is 10.1. The van der Waals surface area contributed by atoms with Gasteiger partial charge in [0.15, 0.2) is 0 Å². The minimum absolute atomic E-state index is 0.0601. The van der Waals surface area contributed by atoms with Gasteiger partial charge in [-0.25, -0.2) is 16.8 Å². The number of benzene rings is 8. The predicted octanol–water partition coefficient (Wildman–Crippen LogP) is 9.28. The Morgan fingerprint density at radius 2 is 0.681 bits per heavy atom. The van der Waals surface area contributed by atoms with Crippen molar-refractivity contribution in [2.24, 2.45) is 0 Å². The van der Waals surface area contributed by atoms with Gasteiger partial charge < -0.3 is 0 Å². The average Bonchev–Trinajstić information content (AvgIpc) is 3.16. The molecule has 0 aliphatic carbocycles. The van der Waals surface area contributed by atoms with Gasteiger partial charge in [0.2, 0.25) is 0 Å². The molecule has 0 spiro atoms. The summed E-state index contributed by atoms with van der Waals surface area (Å²) in [6, 6.07) is 46.0. The van der Waals surface area contributed by atoms with Gasteiger partial charge in [-0.3, -0.25) is 0 Å². The zero-order valence-electron chi connectivity index (χ0n) is 24.8. The van der Waals surface area contributed by atoms with E-state index in [0.29, 0.717) is 44.2 Å². The first-order valence-electron chi connectivity index (χ1n) is 15.2. The third-order valence-electron chi connectivity index (χ3n) is 9.17. The maximum absolute atomic E-state index is 14.7. The summed E-state index contributed by atoms with van der Waals surface area (Å²) in [5.41, 5.74) is 3.01. The Labute approximate surface area is 271 Å². The van der Waals surface area contributed by atoms with Crippen LogP contribution < -0.4 is 4.13 Å². The van der Waals surface area contributed by atoms with Crippen LogP contribution in [0.3, 0.4) is 0 Å². The Hall–Kier alpha value is -5.34. The van der Waals surface area contributed by atoms with Crippen LogP contribution in [0.1, 0.15) is 0 Å². The van der Waals surface area contributed by atoms with Gasteiger partial charge >= 0.3 is 0 Å². The van der Waals surface area contributed by atoms with Crippen molar-refractivity contribution >= 4 is 63.1 Å². The summed E-state index contributed by atoms with van der Waals surface area (Å²) in [6.07, 6.45) is 0. The molecular weight excluding hydrogens is 623 g/mol. The normalized spacial score (nSPS) is 15.0. The summed E-state index contributed by atoms with van der Waals surface area (Å²) in [4.78, 5) is -0.120. The van der Waals surface area contributed by atoms with Crippen molar-refractivity contribution in [3.05, 3.63) is 146 Å². The van der Waals surface area contributed by atoms with E-state index < -0.39 is 20.0 Å². The van der Waals surface area contributed by atoms with Gasteiger partial charge in [0, 0.05) is 22.3 Å². The van der Waals surface area contributed by atoms with E-state index in [4.69, 9.17) is 0 Å². The van der Waals surface area contributed by atoms with E-state index in [1.165, 1.54) is 0 Å². The maximum atomic E-state index is 14.7. The molecule has 1 aliphatic rings. The van der Waals surface area contributed by atoms with Crippen molar-refractivity contribution < 1.29 is 16.8 Å². The standard InChI is InChI=1S/C40H25NO4S2/c42-46(43)39-35(33-21-9-15-25-11-1-5-17-29(25)33)23-27-13-3-7-19-31(27)37(39)38-32-20-8-4-14-28(32)24-36(40(38)47(44,45)41-46)34-22-10-16-26-12-2-6-18-30(26)34/h1-24,41H. The largest absolute Gasteiger partial charge is 0.255 e. The van der Waals surface area contributed by atoms with Gasteiger partial charge in [-0.2, -0.15) is 0 Å². The maximum Gasteiger partial charge on any atom is 0.255 e. The lowest BCUT2D eigenvalue weighted by Crippen LogP contribution is -2.30. The van der Waals surface area contributed by atoms with E-state index >= 15 is 0 Å². The van der Waals surface area contributed by atoms with E-state index in [-0.39, 0.29) is 9.79 Å². The number of sulfonamides is 2. The van der Waals surface area contributed by atoms with Crippen LogP contribution >= 0.6 is 0 Å². The van der Waals surface area contributed by atoms with Crippen LogP contribution in [0.5, 0.6) is 0 Å². The molecule has 7 heteroatoms. The molecule has 47 heavy (non-hydrogen) atoms. The van der Waals surface area contributed by atoms with E-state index in [1.54, 1.807) is 0 Å². The first kappa shape index (κ1) is 27.9. The van der Waals surface area contributed by atoms with Crippen LogP contribution in [-0.2, 0) is 20.0 Å². The average molecular weight is 648 g/mol. The Morgan fingerprint density at radius 3 is 1.11 bits per heavy atom. The number of hydrogen-bond donors (Lipinski definition) is 1. The third-order valence-corrected chi connectivity index (χ3v) is 12.8. The summed E-state index contributed by atoms with van der Waals surface area (Å²) in [6.45, 7) is 0. The monoisotopic (exact) mass is 647 g/mol. The number of rotatable bonds is 2. The zero-order chi connectivity index (χ0) is 31.9. The first-order chi connectivity index (χ1) is 22.8. The SMILES string of the molecule is O=S1(=O)NS(=O)(=O)c2c(-c3cccc4ccccc34)cc3ccccc3c2-c2c1c(-c1cccc3ccccc13)cc1ccccc21. The van der Waals surface area contributed by atoms with E-state index in [0.717, 1.165) is 32.3 Å². The van der Waals surface area contributed by atoms with Gasteiger partial charge in [-0.15, -0.1) is 4.13 Å². The van der Waals surface area contributed by atoms with Crippen molar-refractivity contribution in [1.29, 1.82) is 0 Å². The quantitative estimate of drug-likeness (QED) is 0.203. The second-order valence-electron chi connectivity index (χ2n) is 11.8. The zero-order valence-corrected chi connectivity index (χ0v) is 26.4. The first-order valence-corrected chi connectivity index (χ1v) is 18.2. The fourth-order valence-corrected chi connectivity index (χ4v) is 11.0. The van der Waals surface area contributed by atoms with Crippen LogP contribution in [0, 0.1) is 0 Å². The van der Waals surface area contributed by atoms with Crippen molar-refractivity contribution in [3.8, 4) is 33.4 Å². The van der Waals surface area contributed by atoms with Gasteiger partial charge in [-0.05, 0) is 66.3 Å². The lowest BCUT2D eigenvalue weighted by atomic mass is 9.86. The fraction of sp³-hybridized carbons (Fsp3) is 0. The van der Waals surface area contributed by atoms with E-state index in [9.17, 15) is 16.8 Å². The van der Waals surface area contributed by atoms with Gasteiger partial charge in [0.05, 0.1) is 9.79 Å². The summed E-state index contributed by atoms with van der Waals surface area (Å²) in [5, 5.41) is 6.52. The minimum atomic E-state index is -4.64. The number of fused-ring (bicyclic) bond motifs is 9. The van der Waals surface area contributed by atoms with Crippen LogP contribution in [0.15, 0.2) is 155 Å². The highest BCUT2D eigenvalue weighted by molar-refractivity contribution is 8.05. The molecule has 0 fully saturated rings. The molecule has 8 aromatic carbocycles. The van der Waals surface area contributed by atoms with Crippen LogP contribution in [0.4, 0.5) is 0 Å². The molecule has 0 aromatic heterocycles. The summed E-state index contributed by atoms with van der Waals surface area (Å²) in [5.74, 6) is 0. The molecule has 0 saturated heterocycles. The van der Waals surface area contributed by atoms with E-state index in [1.807, 2.05) is 146 Å². The Bertz CT molecular complexity index is 2650. The summed E-state index contributed by atoms with van der Waals surface area (Å²) < 4.78 is 60.8. The summed E-state index contributed by atoms with van der Waals surface area (Å²) >= 11 is 0. The van der Waals surface area contributed by atoms with Gasteiger partial charge in [0.1, 0.15) is 0 Å². The molecule has 5 nitrogen and oxygen atoms in total. The molecule has 8 aromatic rings. The molecule has 0 bridgehead atoms. The topological polar surface area (TPSA) is 80.3 Å². The molecule has 1 aliphatic heterocycles. The molecule has 0 atom stereocenters. The second-order valence-corrected chi connectivity index (χ2v) is 15.3. The van der Waals surface area contributed by atoms with Gasteiger partial charge in [0.25, 0.3) is 20.0 Å². The Morgan fingerprint density at radius 1 is 0.340 bits per heavy atom. The van der Waals surface area contributed by atoms with Crippen molar-refractivity contribution in [2.45, 2.75) is 9.79 Å². The van der Waals surface area contributed by atoms with Crippen molar-refractivity contribution in [3.63, 3.8) is 0 Å². The molecule has 0 radical (unpaired) electrons. The molecule has 9 rings (SSSR count). The van der Waals surface area contributed by atoms with Crippen LogP contribution in [-0.4, -0.2) is 16.8 Å². The van der Waals surface area contributed by atoms with Gasteiger partial charge in [-0.1, -0.05) is 133 Å². The molecule has 0 amide bonds. The van der Waals surface area contributed by atoms with Crippen LogP contribution in [0.2, 0.25) is 0 Å². The van der Waals surface area contributed by atoms with Crippen molar-refractivity contribution in [1.82, 2.24) is 4.13 Å².